The zero-order chi connectivity index (χ0) is 23.9. The molecule has 1 saturated heterocycles. The lowest BCUT2D eigenvalue weighted by atomic mass is 9.93. The first kappa shape index (κ1) is 24.1. The van der Waals surface area contributed by atoms with Crippen LogP contribution < -0.4 is 10.1 Å². The lowest BCUT2D eigenvalue weighted by Gasteiger charge is -2.35. The lowest BCUT2D eigenvalue weighted by molar-refractivity contribution is -0.138. The predicted octanol–water partition coefficient (Wildman–Crippen LogP) is 5.01. The van der Waals surface area contributed by atoms with Gasteiger partial charge in [-0.25, -0.2) is 8.78 Å². The maximum Gasteiger partial charge on any atom is 0.226 e. The molecule has 2 heterocycles. The second kappa shape index (κ2) is 11.4. The van der Waals surface area contributed by atoms with E-state index in [-0.39, 0.29) is 25.0 Å². The van der Waals surface area contributed by atoms with Crippen LogP contribution in [0.15, 0.2) is 66.9 Å². The van der Waals surface area contributed by atoms with Gasteiger partial charge in [0.15, 0.2) is 17.4 Å². The van der Waals surface area contributed by atoms with Crippen molar-refractivity contribution in [3.05, 3.63) is 94.8 Å². The molecular weight excluding hydrogens is 460 g/mol. The Kier molecular flexibility index (Phi) is 8.08. The first-order valence-electron chi connectivity index (χ1n) is 11.3. The van der Waals surface area contributed by atoms with Gasteiger partial charge in [-0.15, -0.1) is 0 Å². The van der Waals surface area contributed by atoms with Crippen molar-refractivity contribution >= 4 is 17.5 Å². The molecule has 5 nitrogen and oxygen atoms in total. The van der Waals surface area contributed by atoms with Gasteiger partial charge in [0, 0.05) is 17.1 Å². The molecule has 0 radical (unpaired) electrons. The molecule has 1 atom stereocenters. The Hall–Kier alpha value is -3.03. The van der Waals surface area contributed by atoms with Gasteiger partial charge in [-0.1, -0.05) is 35.9 Å². The van der Waals surface area contributed by atoms with Crippen molar-refractivity contribution in [2.45, 2.75) is 18.9 Å². The van der Waals surface area contributed by atoms with E-state index in [9.17, 15) is 13.6 Å². The van der Waals surface area contributed by atoms with Crippen molar-refractivity contribution in [1.29, 1.82) is 0 Å². The van der Waals surface area contributed by atoms with Crippen LogP contribution in [0.1, 0.15) is 30.1 Å². The smallest absolute Gasteiger partial charge is 0.226 e. The van der Waals surface area contributed by atoms with Crippen molar-refractivity contribution in [3.63, 3.8) is 0 Å². The topological polar surface area (TPSA) is 54.5 Å². The fraction of sp³-hybridized carbons (Fsp3) is 0.308. The first-order chi connectivity index (χ1) is 16.5. The number of carbonyl (C=O) groups excluding carboxylic acids is 1. The molecule has 0 spiro atoms. The van der Waals surface area contributed by atoms with E-state index in [1.54, 1.807) is 23.2 Å². The summed E-state index contributed by atoms with van der Waals surface area (Å²) in [6.07, 6.45) is 3.11. The van der Waals surface area contributed by atoms with Gasteiger partial charge in [0.1, 0.15) is 6.61 Å². The number of hydrogen-bond acceptors (Lipinski definition) is 4. The molecular formula is C26H26ClF2N3O2. The molecule has 8 heteroatoms. The number of nitrogens with one attached hydrogen (secondary N) is 1. The lowest BCUT2D eigenvalue weighted by Crippen LogP contribution is -2.45. The van der Waals surface area contributed by atoms with Crippen LogP contribution in [0.2, 0.25) is 5.02 Å². The third-order valence-electron chi connectivity index (χ3n) is 5.93. The highest BCUT2D eigenvalue weighted by atomic mass is 35.5. The molecule has 3 aromatic rings. The van der Waals surface area contributed by atoms with E-state index in [2.05, 4.69) is 10.3 Å². The number of ether oxygens (including phenoxy) is 1. The zero-order valence-corrected chi connectivity index (χ0v) is 19.3. The van der Waals surface area contributed by atoms with Gasteiger partial charge in [-0.2, -0.15) is 0 Å². The zero-order valence-electron chi connectivity index (χ0n) is 18.6. The summed E-state index contributed by atoms with van der Waals surface area (Å²) in [6, 6.07) is 15.9. The number of para-hydroxylation sites is 1. The van der Waals surface area contributed by atoms with Crippen LogP contribution in [0.5, 0.6) is 5.75 Å². The highest BCUT2D eigenvalue weighted by Crippen LogP contribution is 2.31. The first-order valence-corrected chi connectivity index (χ1v) is 11.7. The monoisotopic (exact) mass is 485 g/mol. The van der Waals surface area contributed by atoms with E-state index in [0.717, 1.165) is 30.8 Å². The number of pyridine rings is 1. The number of aromatic nitrogens is 1. The van der Waals surface area contributed by atoms with Gasteiger partial charge in [0.25, 0.3) is 0 Å². The number of carbonyl (C=O) groups is 1. The summed E-state index contributed by atoms with van der Waals surface area (Å²) in [5.41, 5.74) is 1.52. The largest absolute Gasteiger partial charge is 0.486 e. The van der Waals surface area contributed by atoms with Crippen LogP contribution in [0, 0.1) is 17.6 Å². The Balaban J connectivity index is 1.66. The molecule has 0 aliphatic carbocycles. The van der Waals surface area contributed by atoms with E-state index >= 15 is 0 Å². The Morgan fingerprint density at radius 3 is 2.41 bits per heavy atom. The minimum atomic E-state index is -0.782. The summed E-state index contributed by atoms with van der Waals surface area (Å²) in [5, 5.41) is 3.86. The maximum atomic E-state index is 14.1. The quantitative estimate of drug-likeness (QED) is 0.487. The highest BCUT2D eigenvalue weighted by Gasteiger charge is 2.33. The molecule has 178 valence electrons. The highest BCUT2D eigenvalue weighted by molar-refractivity contribution is 6.30. The Morgan fingerprint density at radius 2 is 1.76 bits per heavy atom. The summed E-state index contributed by atoms with van der Waals surface area (Å²) < 4.78 is 33.6. The second-order valence-corrected chi connectivity index (χ2v) is 8.60. The van der Waals surface area contributed by atoms with Crippen molar-refractivity contribution in [2.75, 3.05) is 26.2 Å². The Morgan fingerprint density at radius 1 is 1.06 bits per heavy atom. The third kappa shape index (κ3) is 5.72. The number of benzene rings is 2. The van der Waals surface area contributed by atoms with E-state index in [1.807, 2.05) is 30.3 Å². The fourth-order valence-electron chi connectivity index (χ4n) is 4.23. The van der Waals surface area contributed by atoms with E-state index in [0.29, 0.717) is 23.6 Å². The van der Waals surface area contributed by atoms with Gasteiger partial charge < -0.3 is 15.0 Å². The Labute approximate surface area is 202 Å². The number of amides is 1. The molecule has 1 aliphatic heterocycles. The maximum absolute atomic E-state index is 14.1. The normalized spacial score (nSPS) is 15.0. The van der Waals surface area contributed by atoms with Crippen LogP contribution in [0.3, 0.4) is 0 Å². The fourth-order valence-corrected chi connectivity index (χ4v) is 4.36. The summed E-state index contributed by atoms with van der Waals surface area (Å²) in [7, 11) is 0. The summed E-state index contributed by atoms with van der Waals surface area (Å²) in [6.45, 7) is 1.57. The summed E-state index contributed by atoms with van der Waals surface area (Å²) in [5.74, 6) is -2.21. The SMILES string of the molecule is O=C(C1CCNCC1)N(CCOc1c(F)cccc1F)[C@@H](c1ccc(Cl)cc1)c1ccccn1. The standard InChI is InChI=1S/C26H26ClF2N3O2/c27-20-9-7-18(8-10-20)24(23-6-1-2-13-31-23)32(26(33)19-11-14-30-15-12-19)16-17-34-25-21(28)4-3-5-22(25)29/h1-10,13,19,24,30H,11-12,14-17H2/t24-/m0/s1. The van der Waals surface area contributed by atoms with Crippen molar-refractivity contribution < 1.29 is 18.3 Å². The number of halogens is 3. The molecule has 1 fully saturated rings. The molecule has 0 bridgehead atoms. The van der Waals surface area contributed by atoms with Gasteiger partial charge >= 0.3 is 0 Å². The van der Waals surface area contributed by atoms with E-state index in [4.69, 9.17) is 16.3 Å². The van der Waals surface area contributed by atoms with E-state index < -0.39 is 23.4 Å². The van der Waals surface area contributed by atoms with Gasteiger partial charge in [0.2, 0.25) is 5.91 Å². The third-order valence-corrected chi connectivity index (χ3v) is 6.19. The number of rotatable bonds is 8. The predicted molar refractivity (Wildman–Crippen MR) is 127 cm³/mol. The van der Waals surface area contributed by atoms with Crippen molar-refractivity contribution in [1.82, 2.24) is 15.2 Å². The average Bonchev–Trinajstić information content (AvgIpc) is 2.87. The van der Waals surface area contributed by atoms with Gasteiger partial charge in [-0.3, -0.25) is 9.78 Å². The Bertz CT molecular complexity index is 1070. The minimum Gasteiger partial charge on any atom is -0.486 e. The number of nitrogens with zero attached hydrogens (tertiary/aromatic N) is 2. The van der Waals surface area contributed by atoms with Gasteiger partial charge in [0.05, 0.1) is 18.3 Å². The van der Waals surface area contributed by atoms with Crippen molar-refractivity contribution in [3.8, 4) is 5.75 Å². The summed E-state index contributed by atoms with van der Waals surface area (Å²) >= 11 is 6.11. The molecule has 4 rings (SSSR count). The molecule has 0 unspecified atom stereocenters. The molecule has 1 aliphatic rings. The molecule has 2 aromatic carbocycles. The van der Waals surface area contributed by atoms with E-state index in [1.165, 1.54) is 6.07 Å². The molecule has 1 aromatic heterocycles. The van der Waals surface area contributed by atoms with Crippen molar-refractivity contribution in [2.24, 2.45) is 5.92 Å². The molecule has 1 amide bonds. The molecule has 0 saturated carbocycles. The second-order valence-electron chi connectivity index (χ2n) is 8.16. The van der Waals surface area contributed by atoms with Crippen LogP contribution >= 0.6 is 11.6 Å². The molecule has 34 heavy (non-hydrogen) atoms. The van der Waals surface area contributed by atoms with Gasteiger partial charge in [-0.05, 0) is 67.9 Å². The van der Waals surface area contributed by atoms with Crippen LogP contribution in [0.25, 0.3) is 0 Å². The average molecular weight is 486 g/mol. The van der Waals surface area contributed by atoms with Crippen LogP contribution in [0.4, 0.5) is 8.78 Å². The number of hydrogen-bond donors (Lipinski definition) is 1. The summed E-state index contributed by atoms with van der Waals surface area (Å²) in [4.78, 5) is 20.0. The molecule has 1 N–H and O–H groups in total. The van der Waals surface area contributed by atoms with Crippen LogP contribution in [-0.2, 0) is 4.79 Å². The minimum absolute atomic E-state index is 0.0373. The number of piperidine rings is 1. The van der Waals surface area contributed by atoms with Crippen LogP contribution in [-0.4, -0.2) is 42.0 Å².